The van der Waals surface area contributed by atoms with Crippen molar-refractivity contribution in [3.63, 3.8) is 0 Å². The van der Waals surface area contributed by atoms with Crippen LogP contribution < -0.4 is 32.7 Å². The number of H-pyrrole nitrogens is 1. The number of rotatable bonds is 16. The van der Waals surface area contributed by atoms with Gasteiger partial charge in [0.25, 0.3) is 0 Å². The Morgan fingerprint density at radius 3 is 2.11 bits per heavy atom. The summed E-state index contributed by atoms with van der Waals surface area (Å²) < 4.78 is 0. The van der Waals surface area contributed by atoms with Crippen molar-refractivity contribution in [3.8, 4) is 0 Å². The number of thiol groups is 1. The number of fused-ring (bicyclic) bond motifs is 1. The van der Waals surface area contributed by atoms with Gasteiger partial charge in [0.15, 0.2) is 0 Å². The van der Waals surface area contributed by atoms with E-state index >= 15 is 0 Å². The van der Waals surface area contributed by atoms with E-state index in [1.807, 2.05) is 18.2 Å². The van der Waals surface area contributed by atoms with E-state index in [0.717, 1.165) is 16.5 Å². The van der Waals surface area contributed by atoms with Crippen LogP contribution in [-0.4, -0.2) is 82.1 Å². The Labute approximate surface area is 258 Å². The zero-order valence-corrected chi connectivity index (χ0v) is 24.5. The average molecular weight is 626 g/mol. The molecule has 4 atom stereocenters. The van der Waals surface area contributed by atoms with Crippen LogP contribution in [0.2, 0.25) is 0 Å². The number of aromatic amines is 1. The van der Waals surface area contributed by atoms with Crippen LogP contribution in [0.5, 0.6) is 0 Å². The van der Waals surface area contributed by atoms with Crippen LogP contribution in [0, 0.1) is 0 Å². The van der Waals surface area contributed by atoms with Crippen molar-refractivity contribution in [3.05, 3.63) is 71.9 Å². The third-order valence-corrected chi connectivity index (χ3v) is 7.04. The molecule has 0 saturated carbocycles. The quantitative estimate of drug-likeness (QED) is 0.0869. The molecular formula is C29H35N7O7S. The Morgan fingerprint density at radius 2 is 1.45 bits per heavy atom. The topological polar surface area (TPSA) is 239 Å². The summed E-state index contributed by atoms with van der Waals surface area (Å²) in [6.07, 6.45) is 1.06. The van der Waals surface area contributed by atoms with E-state index < -0.39 is 72.6 Å². The molecule has 10 N–H and O–H groups in total. The van der Waals surface area contributed by atoms with Crippen molar-refractivity contribution in [2.24, 2.45) is 11.5 Å². The number of aliphatic carboxylic acids is 1. The lowest BCUT2D eigenvalue weighted by atomic mass is 10.0. The summed E-state index contributed by atoms with van der Waals surface area (Å²) in [6.45, 7) is -0.570. The minimum atomic E-state index is -1.62. The minimum Gasteiger partial charge on any atom is -0.480 e. The van der Waals surface area contributed by atoms with Gasteiger partial charge in [-0.1, -0.05) is 48.5 Å². The van der Waals surface area contributed by atoms with Crippen LogP contribution in [0.15, 0.2) is 60.8 Å². The van der Waals surface area contributed by atoms with Crippen LogP contribution in [0.3, 0.4) is 0 Å². The van der Waals surface area contributed by atoms with Gasteiger partial charge < -0.3 is 42.8 Å². The van der Waals surface area contributed by atoms with E-state index in [1.54, 1.807) is 42.6 Å². The number of hydrogen-bond acceptors (Lipinski definition) is 8. The van der Waals surface area contributed by atoms with Gasteiger partial charge in [-0.25, -0.2) is 4.79 Å². The highest BCUT2D eigenvalue weighted by molar-refractivity contribution is 7.80. The molecule has 0 unspecified atom stereocenters. The fourth-order valence-electron chi connectivity index (χ4n) is 4.36. The van der Waals surface area contributed by atoms with Crippen LogP contribution in [0.1, 0.15) is 17.5 Å². The molecule has 0 aliphatic carbocycles. The van der Waals surface area contributed by atoms with Crippen LogP contribution in [-0.2, 0) is 41.6 Å². The second kappa shape index (κ2) is 16.1. The molecule has 1 heterocycles. The summed E-state index contributed by atoms with van der Waals surface area (Å²) >= 11 is 4.01. The lowest BCUT2D eigenvalue weighted by Gasteiger charge is -2.22. The van der Waals surface area contributed by atoms with Gasteiger partial charge in [-0.2, -0.15) is 12.6 Å². The number of carboxylic acids is 1. The standard InChI is InChI=1S/C29H35N7O7S/c30-19(15-44)26(39)35-21(10-16-6-2-1-3-7-16)27(40)33-14-25(38)34-22(28(41)36-23(29(42)43)12-24(31)37)11-17-13-32-20-9-5-4-8-18(17)20/h1-9,13,19,21-23,32,44H,10-12,14-15,30H2,(H2,31,37)(H,33,40)(H,34,38)(H,35,39)(H,36,41)(H,42,43)/t19-,21-,22-,23-/m0/s1. The monoisotopic (exact) mass is 625 g/mol. The van der Waals surface area contributed by atoms with Crippen LogP contribution in [0.4, 0.5) is 0 Å². The molecule has 0 fully saturated rings. The first-order valence-electron chi connectivity index (χ1n) is 13.6. The lowest BCUT2D eigenvalue weighted by molar-refractivity contribution is -0.143. The third kappa shape index (κ3) is 9.84. The number of amides is 5. The first-order chi connectivity index (χ1) is 21.0. The van der Waals surface area contributed by atoms with Crippen molar-refractivity contribution in [2.45, 2.75) is 43.4 Å². The molecule has 44 heavy (non-hydrogen) atoms. The Hall–Kier alpha value is -4.89. The fourth-order valence-corrected chi connectivity index (χ4v) is 4.53. The zero-order chi connectivity index (χ0) is 32.2. The molecule has 15 heteroatoms. The number of nitrogens with one attached hydrogen (secondary N) is 5. The van der Waals surface area contributed by atoms with E-state index in [2.05, 4.69) is 38.9 Å². The Balaban J connectivity index is 1.74. The average Bonchev–Trinajstić information content (AvgIpc) is 3.41. The zero-order valence-electron chi connectivity index (χ0n) is 23.6. The predicted molar refractivity (Wildman–Crippen MR) is 164 cm³/mol. The first-order valence-corrected chi connectivity index (χ1v) is 14.3. The molecule has 0 aliphatic heterocycles. The molecule has 0 radical (unpaired) electrons. The van der Waals surface area contributed by atoms with Crippen molar-refractivity contribution in [1.82, 2.24) is 26.3 Å². The molecule has 0 aliphatic rings. The molecular weight excluding hydrogens is 590 g/mol. The van der Waals surface area contributed by atoms with E-state index in [1.165, 1.54) is 0 Å². The number of carbonyl (C=O) groups is 6. The molecule has 0 spiro atoms. The van der Waals surface area contributed by atoms with Crippen molar-refractivity contribution in [2.75, 3.05) is 12.3 Å². The summed E-state index contributed by atoms with van der Waals surface area (Å²) in [5, 5.41) is 20.0. The van der Waals surface area contributed by atoms with Gasteiger partial charge in [-0.3, -0.25) is 24.0 Å². The normalized spacial score (nSPS) is 13.6. The maximum absolute atomic E-state index is 13.2. The largest absolute Gasteiger partial charge is 0.480 e. The van der Waals surface area contributed by atoms with Crippen molar-refractivity contribution < 1.29 is 33.9 Å². The van der Waals surface area contributed by atoms with Gasteiger partial charge in [0.1, 0.15) is 18.1 Å². The van der Waals surface area contributed by atoms with Crippen molar-refractivity contribution >= 4 is 59.0 Å². The smallest absolute Gasteiger partial charge is 0.326 e. The SMILES string of the molecule is NC(=O)C[C@H](NC(=O)[C@H](Cc1c[nH]c2ccccc12)NC(=O)CNC(=O)[C@H](Cc1ccccc1)NC(=O)[C@@H](N)CS)C(=O)O. The van der Waals surface area contributed by atoms with Crippen LogP contribution in [0.25, 0.3) is 10.9 Å². The number of aromatic nitrogens is 1. The Kier molecular flexibility index (Phi) is 12.3. The number of hydrogen-bond donors (Lipinski definition) is 9. The molecule has 2 aromatic carbocycles. The number of carbonyl (C=O) groups excluding carboxylic acids is 5. The fraction of sp³-hybridized carbons (Fsp3) is 0.310. The van der Waals surface area contributed by atoms with Gasteiger partial charge in [-0.05, 0) is 17.2 Å². The van der Waals surface area contributed by atoms with E-state index in [0.29, 0.717) is 5.56 Å². The molecule has 5 amide bonds. The number of nitrogens with two attached hydrogens (primary N) is 2. The second-order valence-corrected chi connectivity index (χ2v) is 10.4. The van der Waals surface area contributed by atoms with Gasteiger partial charge in [0, 0.05) is 35.7 Å². The number of para-hydroxylation sites is 1. The highest BCUT2D eigenvalue weighted by atomic mass is 32.1. The Morgan fingerprint density at radius 1 is 0.818 bits per heavy atom. The molecule has 3 aromatic rings. The second-order valence-electron chi connectivity index (χ2n) is 10.0. The van der Waals surface area contributed by atoms with Gasteiger partial charge in [0.05, 0.1) is 19.0 Å². The molecule has 14 nitrogen and oxygen atoms in total. The highest BCUT2D eigenvalue weighted by Gasteiger charge is 2.29. The first kappa shape index (κ1) is 33.6. The van der Waals surface area contributed by atoms with Crippen molar-refractivity contribution in [1.29, 1.82) is 0 Å². The molecule has 1 aromatic heterocycles. The summed E-state index contributed by atoms with van der Waals surface area (Å²) in [6, 6.07) is 11.2. The predicted octanol–water partition coefficient (Wildman–Crippen LogP) is -1.26. The van der Waals surface area contributed by atoms with Gasteiger partial charge >= 0.3 is 5.97 Å². The summed E-state index contributed by atoms with van der Waals surface area (Å²) in [5.74, 6) is -5.28. The number of primary amides is 1. The number of benzene rings is 2. The van der Waals surface area contributed by atoms with E-state index in [-0.39, 0.29) is 18.6 Å². The lowest BCUT2D eigenvalue weighted by Crippen LogP contribution is -2.56. The summed E-state index contributed by atoms with van der Waals surface area (Å²) in [5.41, 5.74) is 13.0. The highest BCUT2D eigenvalue weighted by Crippen LogP contribution is 2.19. The number of carboxylic acid groups (broad SMARTS) is 1. The molecule has 3 rings (SSSR count). The van der Waals surface area contributed by atoms with Gasteiger partial charge in [-0.15, -0.1) is 0 Å². The minimum absolute atomic E-state index is 0.0489. The molecule has 0 saturated heterocycles. The third-order valence-electron chi connectivity index (χ3n) is 6.64. The Bertz CT molecular complexity index is 1500. The molecule has 0 bridgehead atoms. The van der Waals surface area contributed by atoms with Crippen LogP contribution >= 0.6 is 12.6 Å². The molecule has 234 valence electrons. The maximum atomic E-state index is 13.2. The summed E-state index contributed by atoms with van der Waals surface area (Å²) in [4.78, 5) is 77.7. The van der Waals surface area contributed by atoms with E-state index in [4.69, 9.17) is 11.5 Å². The maximum Gasteiger partial charge on any atom is 0.326 e. The van der Waals surface area contributed by atoms with E-state index in [9.17, 15) is 33.9 Å². The van der Waals surface area contributed by atoms with Gasteiger partial charge in [0.2, 0.25) is 29.5 Å². The summed E-state index contributed by atoms with van der Waals surface area (Å²) in [7, 11) is 0.